The van der Waals surface area contributed by atoms with Gasteiger partial charge in [-0.2, -0.15) is 0 Å². The van der Waals surface area contributed by atoms with E-state index in [0.717, 1.165) is 5.56 Å². The van der Waals surface area contributed by atoms with Crippen molar-refractivity contribution < 1.29 is 17.9 Å². The third-order valence-electron chi connectivity index (χ3n) is 5.13. The summed E-state index contributed by atoms with van der Waals surface area (Å²) in [6, 6.07) is 7.41. The van der Waals surface area contributed by atoms with Gasteiger partial charge in [0.15, 0.2) is 0 Å². The number of aryl methyl sites for hydroxylation is 1. The maximum absolute atomic E-state index is 13.2. The van der Waals surface area contributed by atoms with Crippen molar-refractivity contribution in [2.45, 2.75) is 78.0 Å². The fourth-order valence-corrected chi connectivity index (χ4v) is 4.96. The summed E-state index contributed by atoms with van der Waals surface area (Å²) in [5.41, 5.74) is 2.33. The molecule has 1 heterocycles. The molecule has 0 fully saturated rings. The van der Waals surface area contributed by atoms with Gasteiger partial charge in [-0.25, -0.2) is 13.4 Å². The minimum atomic E-state index is -3.68. The number of nitrogens with zero attached hydrogens (tertiary/aromatic N) is 3. The first-order valence-electron chi connectivity index (χ1n) is 10.9. The highest BCUT2D eigenvalue weighted by Gasteiger charge is 2.28. The molecule has 0 unspecified atom stereocenters. The zero-order chi connectivity index (χ0) is 24.1. The van der Waals surface area contributed by atoms with Crippen LogP contribution in [-0.2, 0) is 38.2 Å². The SMILES string of the molecule is COCCn1c(CN(C(=O)CC(C)(C)C)C(C)C)cnc1S(=O)(=O)Cc1ccc(C)cc1. The molecule has 1 aromatic carbocycles. The molecule has 2 aromatic rings. The van der Waals surface area contributed by atoms with Crippen LogP contribution in [0.25, 0.3) is 0 Å². The predicted octanol–water partition coefficient (Wildman–Crippen LogP) is 3.99. The minimum absolute atomic E-state index is 0.0112. The van der Waals surface area contributed by atoms with Crippen molar-refractivity contribution in [2.75, 3.05) is 13.7 Å². The second kappa shape index (κ2) is 10.6. The number of methoxy groups -OCH3 is 1. The highest BCUT2D eigenvalue weighted by atomic mass is 32.2. The molecule has 7 nitrogen and oxygen atoms in total. The van der Waals surface area contributed by atoms with E-state index in [1.165, 1.54) is 0 Å². The van der Waals surface area contributed by atoms with Crippen LogP contribution in [0, 0.1) is 12.3 Å². The monoisotopic (exact) mass is 463 g/mol. The zero-order valence-corrected chi connectivity index (χ0v) is 21.2. The average molecular weight is 464 g/mol. The number of carbonyl (C=O) groups is 1. The average Bonchev–Trinajstić information content (AvgIpc) is 3.07. The molecule has 8 heteroatoms. The van der Waals surface area contributed by atoms with Gasteiger partial charge in [-0.15, -0.1) is 0 Å². The molecule has 0 aliphatic rings. The van der Waals surface area contributed by atoms with Crippen LogP contribution >= 0.6 is 0 Å². The summed E-state index contributed by atoms with van der Waals surface area (Å²) in [5, 5.41) is 0.0112. The van der Waals surface area contributed by atoms with Crippen molar-refractivity contribution in [1.82, 2.24) is 14.5 Å². The smallest absolute Gasteiger partial charge is 0.228 e. The topological polar surface area (TPSA) is 81.5 Å². The Morgan fingerprint density at radius 3 is 2.34 bits per heavy atom. The maximum Gasteiger partial charge on any atom is 0.228 e. The fourth-order valence-electron chi connectivity index (χ4n) is 3.44. The van der Waals surface area contributed by atoms with Crippen LogP contribution in [0.1, 0.15) is 57.9 Å². The molecule has 0 aliphatic heterocycles. The first-order chi connectivity index (χ1) is 14.8. The van der Waals surface area contributed by atoms with Gasteiger partial charge < -0.3 is 14.2 Å². The minimum Gasteiger partial charge on any atom is -0.383 e. The molecule has 1 aromatic heterocycles. The molecule has 0 N–H and O–H groups in total. The largest absolute Gasteiger partial charge is 0.383 e. The predicted molar refractivity (Wildman–Crippen MR) is 126 cm³/mol. The number of sulfone groups is 1. The van der Waals surface area contributed by atoms with Crippen molar-refractivity contribution in [1.29, 1.82) is 0 Å². The molecule has 0 radical (unpaired) electrons. The van der Waals surface area contributed by atoms with Crippen molar-refractivity contribution in [3.05, 3.63) is 47.3 Å². The lowest BCUT2D eigenvalue weighted by Gasteiger charge is -2.30. The van der Waals surface area contributed by atoms with E-state index in [1.807, 2.05) is 65.8 Å². The van der Waals surface area contributed by atoms with Crippen LogP contribution in [0.3, 0.4) is 0 Å². The summed E-state index contributed by atoms with van der Waals surface area (Å²) in [5.74, 6) is -0.0934. The van der Waals surface area contributed by atoms with Gasteiger partial charge >= 0.3 is 0 Å². The highest BCUT2D eigenvalue weighted by molar-refractivity contribution is 7.90. The Balaban J connectivity index is 2.37. The van der Waals surface area contributed by atoms with E-state index in [-0.39, 0.29) is 28.3 Å². The Morgan fingerprint density at radius 1 is 1.19 bits per heavy atom. The first-order valence-corrected chi connectivity index (χ1v) is 12.6. The molecule has 32 heavy (non-hydrogen) atoms. The zero-order valence-electron chi connectivity index (χ0n) is 20.4. The molecule has 1 amide bonds. The second-order valence-corrected chi connectivity index (χ2v) is 11.7. The number of carbonyl (C=O) groups excluding carboxylic acids is 1. The van der Waals surface area contributed by atoms with Crippen LogP contribution in [0.5, 0.6) is 0 Å². The molecule has 178 valence electrons. The molecule has 0 bridgehead atoms. The molecule has 0 saturated heterocycles. The van der Waals surface area contributed by atoms with Crippen molar-refractivity contribution in [3.8, 4) is 0 Å². The summed E-state index contributed by atoms with van der Waals surface area (Å²) in [4.78, 5) is 19.0. The highest BCUT2D eigenvalue weighted by Crippen LogP contribution is 2.23. The standard InChI is InChI=1S/C24H37N3O4S/c1-18(2)27(22(28)14-24(4,5)6)16-21-15-25-23(26(21)12-13-31-7)32(29,30)17-20-10-8-19(3)9-11-20/h8-11,15,18H,12-14,16-17H2,1-7H3. The summed E-state index contributed by atoms with van der Waals surface area (Å²) in [7, 11) is -2.10. The number of hydrogen-bond donors (Lipinski definition) is 0. The summed E-state index contributed by atoms with van der Waals surface area (Å²) in [6.45, 7) is 13.0. The summed E-state index contributed by atoms with van der Waals surface area (Å²) in [6.07, 6.45) is 1.98. The van der Waals surface area contributed by atoms with E-state index in [9.17, 15) is 13.2 Å². The van der Waals surface area contributed by atoms with Gasteiger partial charge in [0.1, 0.15) is 0 Å². The van der Waals surface area contributed by atoms with Crippen molar-refractivity contribution >= 4 is 15.7 Å². The number of imidazole rings is 1. The van der Waals surface area contributed by atoms with Gasteiger partial charge in [0, 0.05) is 26.1 Å². The van der Waals surface area contributed by atoms with E-state index in [4.69, 9.17) is 4.74 Å². The third kappa shape index (κ3) is 7.17. The van der Waals surface area contributed by atoms with Crippen molar-refractivity contribution in [2.24, 2.45) is 5.41 Å². The number of benzene rings is 1. The fraction of sp³-hybridized carbons (Fsp3) is 0.583. The second-order valence-electron chi connectivity index (χ2n) is 9.77. The van der Waals surface area contributed by atoms with Crippen LogP contribution in [0.2, 0.25) is 0 Å². The lowest BCUT2D eigenvalue weighted by molar-refractivity contribution is -0.135. The Hall–Kier alpha value is -2.19. The van der Waals surface area contributed by atoms with Crippen LogP contribution in [0.15, 0.2) is 35.6 Å². The maximum atomic E-state index is 13.2. The van der Waals surface area contributed by atoms with E-state index in [2.05, 4.69) is 4.98 Å². The first kappa shape index (κ1) is 26.1. The Kier molecular flexibility index (Phi) is 8.65. The van der Waals surface area contributed by atoms with Crippen molar-refractivity contribution in [3.63, 3.8) is 0 Å². The number of hydrogen-bond acceptors (Lipinski definition) is 5. The van der Waals surface area contributed by atoms with Crippen LogP contribution in [0.4, 0.5) is 0 Å². The van der Waals surface area contributed by atoms with Crippen LogP contribution in [-0.4, -0.2) is 48.5 Å². The van der Waals surface area contributed by atoms with Gasteiger partial charge in [0.05, 0.1) is 30.8 Å². The van der Waals surface area contributed by atoms with Gasteiger partial charge in [-0.3, -0.25) is 4.79 Å². The molecular formula is C24H37N3O4S. The molecule has 2 rings (SSSR count). The van der Waals surface area contributed by atoms with Crippen LogP contribution < -0.4 is 0 Å². The summed E-state index contributed by atoms with van der Waals surface area (Å²) >= 11 is 0. The normalized spacial score (nSPS) is 12.4. The molecular weight excluding hydrogens is 426 g/mol. The van der Waals surface area contributed by atoms with Gasteiger partial charge in [0.25, 0.3) is 0 Å². The summed E-state index contributed by atoms with van der Waals surface area (Å²) < 4.78 is 33.3. The molecule has 0 atom stereocenters. The molecule has 0 spiro atoms. The lowest BCUT2D eigenvalue weighted by atomic mass is 9.91. The van der Waals surface area contributed by atoms with Gasteiger partial charge in [-0.1, -0.05) is 50.6 Å². The van der Waals surface area contributed by atoms with E-state index < -0.39 is 9.84 Å². The van der Waals surface area contributed by atoms with E-state index in [1.54, 1.807) is 22.8 Å². The molecule has 0 saturated carbocycles. The Labute approximate surface area is 192 Å². The van der Waals surface area contributed by atoms with Gasteiger partial charge in [-0.05, 0) is 31.7 Å². The Morgan fingerprint density at radius 2 is 1.81 bits per heavy atom. The quantitative estimate of drug-likeness (QED) is 0.532. The third-order valence-corrected chi connectivity index (χ3v) is 6.73. The van der Waals surface area contributed by atoms with Gasteiger partial charge in [0.2, 0.25) is 20.9 Å². The number of amides is 1. The Bertz CT molecular complexity index is 1000. The van der Waals surface area contributed by atoms with E-state index in [0.29, 0.717) is 37.4 Å². The lowest BCUT2D eigenvalue weighted by Crippen LogP contribution is -2.39. The van der Waals surface area contributed by atoms with E-state index >= 15 is 0 Å². The number of rotatable bonds is 10. The molecule has 0 aliphatic carbocycles. The number of aromatic nitrogens is 2. The number of ether oxygens (including phenoxy) is 1.